The average molecular weight is 275 g/mol. The number of H-pyrrole nitrogens is 1. The predicted octanol–water partition coefficient (Wildman–Crippen LogP) is 2.88. The molecular formula is C15H17NO4. The largest absolute Gasteiger partial charge is 0.497 e. The number of benzene rings is 1. The van der Waals surface area contributed by atoms with Crippen LogP contribution in [0.1, 0.15) is 17.3 Å². The van der Waals surface area contributed by atoms with Crippen molar-refractivity contribution in [2.24, 2.45) is 0 Å². The summed E-state index contributed by atoms with van der Waals surface area (Å²) in [7, 11) is 3.17. The van der Waals surface area contributed by atoms with E-state index in [1.165, 1.54) is 0 Å². The van der Waals surface area contributed by atoms with Crippen LogP contribution in [-0.4, -0.2) is 31.8 Å². The minimum atomic E-state index is -0.356. The van der Waals surface area contributed by atoms with E-state index in [-0.39, 0.29) is 5.97 Å². The number of esters is 1. The highest BCUT2D eigenvalue weighted by Crippen LogP contribution is 2.31. The summed E-state index contributed by atoms with van der Waals surface area (Å²) >= 11 is 0. The molecular weight excluding hydrogens is 258 g/mol. The van der Waals surface area contributed by atoms with Crippen molar-refractivity contribution in [3.63, 3.8) is 0 Å². The van der Waals surface area contributed by atoms with Crippen LogP contribution < -0.4 is 9.47 Å². The summed E-state index contributed by atoms with van der Waals surface area (Å²) in [5.74, 6) is 0.957. The van der Waals surface area contributed by atoms with E-state index in [4.69, 9.17) is 14.2 Å². The van der Waals surface area contributed by atoms with E-state index in [9.17, 15) is 4.79 Å². The van der Waals surface area contributed by atoms with Crippen LogP contribution in [0, 0.1) is 0 Å². The fraction of sp³-hybridized carbons (Fsp3) is 0.267. The third-order valence-electron chi connectivity index (χ3n) is 2.88. The molecule has 0 saturated carbocycles. The first-order valence-corrected chi connectivity index (χ1v) is 6.27. The van der Waals surface area contributed by atoms with Crippen LogP contribution in [-0.2, 0) is 4.74 Å². The van der Waals surface area contributed by atoms with Crippen LogP contribution in [0.2, 0.25) is 0 Å². The molecule has 0 bridgehead atoms. The van der Waals surface area contributed by atoms with E-state index in [1.807, 2.05) is 12.1 Å². The minimum absolute atomic E-state index is 0.338. The summed E-state index contributed by atoms with van der Waals surface area (Å²) in [6, 6.07) is 7.13. The lowest BCUT2D eigenvalue weighted by atomic mass is 10.1. The fourth-order valence-electron chi connectivity index (χ4n) is 1.94. The maximum atomic E-state index is 11.9. The quantitative estimate of drug-likeness (QED) is 0.852. The van der Waals surface area contributed by atoms with Crippen LogP contribution in [0.15, 0.2) is 30.5 Å². The van der Waals surface area contributed by atoms with E-state index in [0.29, 0.717) is 29.4 Å². The van der Waals surface area contributed by atoms with Crippen LogP contribution >= 0.6 is 0 Å². The summed E-state index contributed by atoms with van der Waals surface area (Å²) in [6.07, 6.45) is 1.70. The molecule has 106 valence electrons. The first kappa shape index (κ1) is 14.0. The molecule has 2 rings (SSSR count). The Labute approximate surface area is 117 Å². The SMILES string of the molecule is CCOC(=O)c1cc[nH]c1-c1cc(OC)cc(OC)c1. The van der Waals surface area contributed by atoms with Crippen LogP contribution in [0.5, 0.6) is 11.5 Å². The van der Waals surface area contributed by atoms with Crippen LogP contribution in [0.25, 0.3) is 11.3 Å². The van der Waals surface area contributed by atoms with Gasteiger partial charge in [-0.05, 0) is 25.1 Å². The van der Waals surface area contributed by atoms with Crippen molar-refractivity contribution in [2.45, 2.75) is 6.92 Å². The molecule has 5 heteroatoms. The number of carbonyl (C=O) groups is 1. The lowest BCUT2D eigenvalue weighted by molar-refractivity contribution is 0.0527. The Balaban J connectivity index is 2.46. The number of methoxy groups -OCH3 is 2. The lowest BCUT2D eigenvalue weighted by Crippen LogP contribution is -2.05. The predicted molar refractivity (Wildman–Crippen MR) is 75.3 cm³/mol. The Kier molecular flexibility index (Phi) is 4.30. The summed E-state index contributed by atoms with van der Waals surface area (Å²) in [5, 5.41) is 0. The Hall–Kier alpha value is -2.43. The normalized spacial score (nSPS) is 10.2. The molecule has 0 spiro atoms. The molecule has 0 aliphatic carbocycles. The molecule has 0 atom stereocenters. The van der Waals surface area contributed by atoms with Gasteiger partial charge in [0.05, 0.1) is 32.1 Å². The van der Waals surface area contributed by atoms with Crippen molar-refractivity contribution in [1.29, 1.82) is 0 Å². The van der Waals surface area contributed by atoms with Gasteiger partial charge in [0.1, 0.15) is 11.5 Å². The minimum Gasteiger partial charge on any atom is -0.497 e. The van der Waals surface area contributed by atoms with Crippen molar-refractivity contribution in [1.82, 2.24) is 4.98 Å². The van der Waals surface area contributed by atoms with Crippen molar-refractivity contribution in [3.8, 4) is 22.8 Å². The highest BCUT2D eigenvalue weighted by molar-refractivity contribution is 5.96. The zero-order valence-electron chi connectivity index (χ0n) is 11.7. The zero-order chi connectivity index (χ0) is 14.5. The molecule has 0 aliphatic rings. The van der Waals surface area contributed by atoms with Gasteiger partial charge in [0.15, 0.2) is 0 Å². The number of ether oxygens (including phenoxy) is 3. The highest BCUT2D eigenvalue weighted by atomic mass is 16.5. The van der Waals surface area contributed by atoms with Gasteiger partial charge in [-0.2, -0.15) is 0 Å². The third kappa shape index (κ3) is 2.77. The zero-order valence-corrected chi connectivity index (χ0v) is 11.7. The maximum absolute atomic E-state index is 11.9. The Bertz CT molecular complexity index is 581. The topological polar surface area (TPSA) is 60.6 Å². The number of aromatic amines is 1. The second-order valence-electron chi connectivity index (χ2n) is 4.09. The van der Waals surface area contributed by atoms with Crippen LogP contribution in [0.3, 0.4) is 0 Å². The number of hydrogen-bond donors (Lipinski definition) is 1. The van der Waals surface area contributed by atoms with Gasteiger partial charge in [-0.25, -0.2) is 4.79 Å². The molecule has 20 heavy (non-hydrogen) atoms. The number of carbonyl (C=O) groups excluding carboxylic acids is 1. The molecule has 0 saturated heterocycles. The highest BCUT2D eigenvalue weighted by Gasteiger charge is 2.16. The molecule has 5 nitrogen and oxygen atoms in total. The standard InChI is InChI=1S/C15H17NO4/c1-4-20-15(17)13-5-6-16-14(13)10-7-11(18-2)9-12(8-10)19-3/h5-9,16H,4H2,1-3H3. The second kappa shape index (κ2) is 6.14. The monoisotopic (exact) mass is 275 g/mol. The Morgan fingerprint density at radius 2 is 1.80 bits per heavy atom. The van der Waals surface area contributed by atoms with E-state index in [1.54, 1.807) is 39.5 Å². The van der Waals surface area contributed by atoms with Gasteiger partial charge >= 0.3 is 5.97 Å². The molecule has 1 aromatic heterocycles. The first-order chi connectivity index (χ1) is 9.69. The molecule has 1 N–H and O–H groups in total. The molecule has 1 heterocycles. The number of rotatable bonds is 5. The van der Waals surface area contributed by atoms with E-state index in [2.05, 4.69) is 4.98 Å². The molecule has 0 aliphatic heterocycles. The van der Waals surface area contributed by atoms with Gasteiger partial charge in [-0.15, -0.1) is 0 Å². The Morgan fingerprint density at radius 1 is 1.15 bits per heavy atom. The van der Waals surface area contributed by atoms with Crippen molar-refractivity contribution in [3.05, 3.63) is 36.0 Å². The lowest BCUT2D eigenvalue weighted by Gasteiger charge is -2.09. The first-order valence-electron chi connectivity index (χ1n) is 6.27. The molecule has 1 aromatic carbocycles. The third-order valence-corrected chi connectivity index (χ3v) is 2.88. The second-order valence-corrected chi connectivity index (χ2v) is 4.09. The summed E-state index contributed by atoms with van der Waals surface area (Å²) in [4.78, 5) is 15.0. The number of nitrogens with one attached hydrogen (secondary N) is 1. The van der Waals surface area contributed by atoms with Gasteiger partial charge in [0.2, 0.25) is 0 Å². The van der Waals surface area contributed by atoms with E-state index < -0.39 is 0 Å². The van der Waals surface area contributed by atoms with Crippen LogP contribution in [0.4, 0.5) is 0 Å². The Morgan fingerprint density at radius 3 is 2.35 bits per heavy atom. The van der Waals surface area contributed by atoms with Gasteiger partial charge in [0.25, 0.3) is 0 Å². The van der Waals surface area contributed by atoms with Gasteiger partial charge in [0, 0.05) is 17.8 Å². The number of aromatic nitrogens is 1. The summed E-state index contributed by atoms with van der Waals surface area (Å²) in [6.45, 7) is 2.11. The van der Waals surface area contributed by atoms with Crippen molar-refractivity contribution in [2.75, 3.05) is 20.8 Å². The van der Waals surface area contributed by atoms with Gasteiger partial charge in [-0.3, -0.25) is 0 Å². The van der Waals surface area contributed by atoms with Gasteiger partial charge in [-0.1, -0.05) is 0 Å². The van der Waals surface area contributed by atoms with Gasteiger partial charge < -0.3 is 19.2 Å². The summed E-state index contributed by atoms with van der Waals surface area (Å²) < 4.78 is 15.5. The fourth-order valence-corrected chi connectivity index (χ4v) is 1.94. The van der Waals surface area contributed by atoms with Crippen molar-refractivity contribution >= 4 is 5.97 Å². The van der Waals surface area contributed by atoms with Crippen molar-refractivity contribution < 1.29 is 19.0 Å². The number of hydrogen-bond acceptors (Lipinski definition) is 4. The van der Waals surface area contributed by atoms with E-state index in [0.717, 1.165) is 5.56 Å². The van der Waals surface area contributed by atoms with E-state index >= 15 is 0 Å². The molecule has 0 amide bonds. The molecule has 0 fully saturated rings. The maximum Gasteiger partial charge on any atom is 0.340 e. The average Bonchev–Trinajstić information content (AvgIpc) is 2.96. The smallest absolute Gasteiger partial charge is 0.340 e. The molecule has 2 aromatic rings. The summed E-state index contributed by atoms with van der Waals surface area (Å²) in [5.41, 5.74) is 1.97. The molecule has 0 radical (unpaired) electrons. The molecule has 0 unspecified atom stereocenters.